The van der Waals surface area contributed by atoms with Crippen molar-refractivity contribution in [2.75, 3.05) is 19.8 Å². The van der Waals surface area contributed by atoms with Crippen LogP contribution in [0.25, 0.3) is 0 Å². The van der Waals surface area contributed by atoms with Crippen molar-refractivity contribution < 1.29 is 33.2 Å². The van der Waals surface area contributed by atoms with Crippen LogP contribution in [0.3, 0.4) is 0 Å². The van der Waals surface area contributed by atoms with Gasteiger partial charge in [0, 0.05) is 6.42 Å². The fraction of sp³-hybridized carbons (Fsp3) is 0.308. The van der Waals surface area contributed by atoms with Crippen molar-refractivity contribution in [1.82, 2.24) is 0 Å². The van der Waals surface area contributed by atoms with Gasteiger partial charge in [-0.2, -0.15) is 0 Å². The molecule has 2 aliphatic heterocycles. The van der Waals surface area contributed by atoms with Crippen molar-refractivity contribution in [3.8, 4) is 5.75 Å². The van der Waals surface area contributed by atoms with Crippen LogP contribution in [0.2, 0.25) is 0 Å². The summed E-state index contributed by atoms with van der Waals surface area (Å²) in [6.07, 6.45) is -0.680. The molecule has 2 heterocycles. The van der Waals surface area contributed by atoms with Crippen LogP contribution in [0, 0.1) is 6.92 Å². The number of ether oxygens (including phenoxy) is 7. The van der Waals surface area contributed by atoms with Crippen molar-refractivity contribution in [2.45, 2.75) is 82.8 Å². The summed E-state index contributed by atoms with van der Waals surface area (Å²) in [5, 5.41) is 0. The second kappa shape index (κ2) is 20.7. The van der Waals surface area contributed by atoms with Crippen molar-refractivity contribution in [3.05, 3.63) is 208 Å². The molecule has 2 fully saturated rings. The summed E-state index contributed by atoms with van der Waals surface area (Å²) >= 11 is 0. The monoisotopic (exact) mass is 790 g/mol. The Bertz CT molecular complexity index is 2120. The van der Waals surface area contributed by atoms with E-state index in [0.29, 0.717) is 39.6 Å². The number of hydrogen-bond donors (Lipinski definition) is 0. The molecule has 7 heteroatoms. The molecule has 0 saturated carbocycles. The molecular weight excluding hydrogens is 737 g/mol. The highest BCUT2D eigenvalue weighted by Gasteiger charge is 2.49. The fourth-order valence-electron chi connectivity index (χ4n) is 7.82. The van der Waals surface area contributed by atoms with Crippen LogP contribution < -0.4 is 4.74 Å². The van der Waals surface area contributed by atoms with Crippen molar-refractivity contribution in [1.29, 1.82) is 0 Å². The van der Waals surface area contributed by atoms with Gasteiger partial charge in [-0.15, -0.1) is 0 Å². The molecular formula is C52H54O7. The Labute approximate surface area is 348 Å². The van der Waals surface area contributed by atoms with Crippen LogP contribution in [0.1, 0.15) is 57.0 Å². The zero-order valence-electron chi connectivity index (χ0n) is 33.8. The maximum atomic E-state index is 7.24. The lowest BCUT2D eigenvalue weighted by molar-refractivity contribution is -0.275. The van der Waals surface area contributed by atoms with E-state index in [2.05, 4.69) is 97.9 Å². The Kier molecular flexibility index (Phi) is 14.3. The molecule has 3 unspecified atom stereocenters. The predicted octanol–water partition coefficient (Wildman–Crippen LogP) is 10.2. The first-order valence-electron chi connectivity index (χ1n) is 20.8. The molecule has 0 N–H and O–H groups in total. The van der Waals surface area contributed by atoms with Gasteiger partial charge in [-0.05, 0) is 70.0 Å². The maximum Gasteiger partial charge on any atom is 0.124 e. The lowest BCUT2D eigenvalue weighted by atomic mass is 9.88. The first kappa shape index (κ1) is 40.7. The minimum Gasteiger partial charge on any atom is -0.488 e. The lowest BCUT2D eigenvalue weighted by Gasteiger charge is -2.46. The average molecular weight is 791 g/mol. The number of rotatable bonds is 18. The van der Waals surface area contributed by atoms with Crippen molar-refractivity contribution >= 4 is 0 Å². The highest BCUT2D eigenvalue weighted by atomic mass is 16.6. The van der Waals surface area contributed by atoms with E-state index in [1.807, 2.05) is 72.8 Å². The molecule has 0 spiro atoms. The van der Waals surface area contributed by atoms with Gasteiger partial charge in [-0.25, -0.2) is 0 Å². The van der Waals surface area contributed by atoms with E-state index < -0.39 is 30.5 Å². The third-order valence-corrected chi connectivity index (χ3v) is 11.1. The fourth-order valence-corrected chi connectivity index (χ4v) is 7.82. The number of benzene rings is 6. The summed E-state index contributed by atoms with van der Waals surface area (Å²) in [5.74, 6) is 0.870. The Morgan fingerprint density at radius 1 is 0.542 bits per heavy atom. The topological polar surface area (TPSA) is 64.6 Å². The summed E-state index contributed by atoms with van der Waals surface area (Å²) in [6, 6.07) is 56.1. The van der Waals surface area contributed by atoms with Gasteiger partial charge in [0.05, 0.1) is 46.2 Å². The number of hydrogen-bond acceptors (Lipinski definition) is 7. The van der Waals surface area contributed by atoms with Crippen molar-refractivity contribution in [3.63, 3.8) is 0 Å². The van der Waals surface area contributed by atoms with E-state index in [1.54, 1.807) is 0 Å². The molecule has 0 aliphatic carbocycles. The summed E-state index contributed by atoms with van der Waals surface area (Å²) in [4.78, 5) is 0. The molecule has 6 aromatic rings. The summed E-state index contributed by atoms with van der Waals surface area (Å²) in [7, 11) is 0. The number of aryl methyl sites for hydroxylation is 1. The van der Waals surface area contributed by atoms with Gasteiger partial charge in [0.2, 0.25) is 0 Å². The summed E-state index contributed by atoms with van der Waals surface area (Å²) in [5.41, 5.74) is 8.95. The first-order valence-corrected chi connectivity index (χ1v) is 20.8. The van der Waals surface area contributed by atoms with E-state index >= 15 is 0 Å². The maximum absolute atomic E-state index is 7.24. The Morgan fingerprint density at radius 3 is 1.64 bits per heavy atom. The first-order chi connectivity index (χ1) is 29.1. The lowest BCUT2D eigenvalue weighted by Crippen LogP contribution is -2.58. The molecule has 0 aromatic heterocycles. The summed E-state index contributed by atoms with van der Waals surface area (Å²) in [6.45, 7) is 5.49. The zero-order valence-corrected chi connectivity index (χ0v) is 33.8. The van der Waals surface area contributed by atoms with Gasteiger partial charge in [0.15, 0.2) is 0 Å². The second-order valence-electron chi connectivity index (χ2n) is 15.5. The molecule has 2 saturated heterocycles. The third kappa shape index (κ3) is 11.3. The Hall–Kier alpha value is -5.12. The second-order valence-corrected chi connectivity index (χ2v) is 15.5. The molecule has 7 nitrogen and oxygen atoms in total. The van der Waals surface area contributed by atoms with Crippen LogP contribution in [-0.2, 0) is 61.3 Å². The molecule has 6 atom stereocenters. The van der Waals surface area contributed by atoms with E-state index in [9.17, 15) is 0 Å². The van der Waals surface area contributed by atoms with Crippen LogP contribution in [0.4, 0.5) is 0 Å². The minimum atomic E-state index is -0.517. The molecule has 6 aromatic carbocycles. The average Bonchev–Trinajstić information content (AvgIpc) is 3.80. The van der Waals surface area contributed by atoms with Crippen LogP contribution >= 0.6 is 0 Å². The van der Waals surface area contributed by atoms with Crippen molar-refractivity contribution in [2.24, 2.45) is 0 Å². The highest BCUT2D eigenvalue weighted by molar-refractivity contribution is 5.38. The highest BCUT2D eigenvalue weighted by Crippen LogP contribution is 2.39. The normalized spacial score (nSPS) is 21.6. The van der Waals surface area contributed by atoms with E-state index in [-0.39, 0.29) is 6.10 Å². The minimum absolute atomic E-state index is 0.115. The molecule has 0 bridgehead atoms. The Balaban J connectivity index is 1.12. The Morgan fingerprint density at radius 2 is 1.08 bits per heavy atom. The smallest absolute Gasteiger partial charge is 0.124 e. The van der Waals surface area contributed by atoms with Gasteiger partial charge < -0.3 is 33.2 Å². The molecule has 304 valence electrons. The molecule has 2 aliphatic rings. The van der Waals surface area contributed by atoms with Crippen LogP contribution in [-0.4, -0.2) is 50.3 Å². The summed E-state index contributed by atoms with van der Waals surface area (Å²) < 4.78 is 46.3. The molecule has 0 radical (unpaired) electrons. The quantitative estimate of drug-likeness (QED) is 0.0859. The van der Waals surface area contributed by atoms with E-state index in [4.69, 9.17) is 33.2 Å². The molecule has 0 amide bonds. The van der Waals surface area contributed by atoms with Gasteiger partial charge in [0.1, 0.15) is 42.4 Å². The van der Waals surface area contributed by atoms with E-state index in [0.717, 1.165) is 53.0 Å². The predicted molar refractivity (Wildman–Crippen MR) is 229 cm³/mol. The van der Waals surface area contributed by atoms with Gasteiger partial charge >= 0.3 is 0 Å². The standard InChI is InChI=1S/C52H54O7/c1-38-22-25-44(31-45(38)30-39-23-26-46(27-24-39)58-47-28-29-53-36-47)49-51(56-34-42-18-10-4-11-19-42)52(57-35-43-20-12-5-13-21-43)50(55-33-41-16-8-3-9-17-41)48(59-49)37-54-32-40-14-6-2-7-15-40/h2-27,31,47-52H,28-30,32-37H2,1H3/t47?,48?,49?,50-,51+,52+/m1/s1. The zero-order chi connectivity index (χ0) is 40.1. The van der Waals surface area contributed by atoms with Crippen LogP contribution in [0.15, 0.2) is 164 Å². The molecule has 59 heavy (non-hydrogen) atoms. The van der Waals surface area contributed by atoms with Gasteiger partial charge in [-0.3, -0.25) is 0 Å². The van der Waals surface area contributed by atoms with Gasteiger partial charge in [0.25, 0.3) is 0 Å². The van der Waals surface area contributed by atoms with E-state index in [1.165, 1.54) is 16.7 Å². The van der Waals surface area contributed by atoms with Gasteiger partial charge in [-0.1, -0.05) is 152 Å². The SMILES string of the molecule is Cc1ccc(C2OC(COCc3ccccc3)[C@@H](OCc3ccccc3)[C@H](OCc3ccccc3)[C@H]2OCc2ccccc2)cc1Cc1ccc(OC2CCOC2)cc1. The van der Waals surface area contributed by atoms with Crippen LogP contribution in [0.5, 0.6) is 5.75 Å². The largest absolute Gasteiger partial charge is 0.488 e. The molecule has 8 rings (SSSR count). The third-order valence-electron chi connectivity index (χ3n) is 11.1.